The summed E-state index contributed by atoms with van der Waals surface area (Å²) in [4.78, 5) is 40.0. The van der Waals surface area contributed by atoms with Gasteiger partial charge in [-0.25, -0.2) is 22.0 Å². The van der Waals surface area contributed by atoms with Gasteiger partial charge in [0.1, 0.15) is 0 Å². The Kier molecular flexibility index (Phi) is 8.95. The molecule has 0 fully saturated rings. The average molecular weight is 630 g/mol. The second-order valence-corrected chi connectivity index (χ2v) is 11.5. The quantitative estimate of drug-likeness (QED) is 0.174. The minimum Gasteiger partial charge on any atom is -0.461 e. The van der Waals surface area contributed by atoms with Gasteiger partial charge in [0.05, 0.1) is 22.0 Å². The Morgan fingerprint density at radius 2 is 1.71 bits per heavy atom. The number of nitrogens with zero attached hydrogens (tertiary/aromatic N) is 2. The molecule has 4 aromatic rings. The lowest BCUT2D eigenvalue weighted by atomic mass is 10.0. The van der Waals surface area contributed by atoms with Gasteiger partial charge in [0, 0.05) is 39.5 Å². The second-order valence-electron chi connectivity index (χ2n) is 8.87. The SMILES string of the molecule is C=C(C(=O)Nc1cccc(N(CC)C(N)=O)c1)c1c(C(=O)OCC)n(S(=O)(=O)c2ccccc2)c2cc(Cl)cc(Cl)c12. The Labute approximate surface area is 252 Å². The van der Waals surface area contributed by atoms with E-state index in [0.29, 0.717) is 12.2 Å². The number of anilines is 2. The third-order valence-electron chi connectivity index (χ3n) is 6.27. The van der Waals surface area contributed by atoms with Gasteiger partial charge in [-0.2, -0.15) is 0 Å². The minimum atomic E-state index is -4.44. The number of hydrogen-bond donors (Lipinski definition) is 2. The van der Waals surface area contributed by atoms with E-state index < -0.39 is 33.6 Å². The van der Waals surface area contributed by atoms with Gasteiger partial charge in [0.2, 0.25) is 0 Å². The molecule has 0 unspecified atom stereocenters. The van der Waals surface area contributed by atoms with E-state index in [1.807, 2.05) is 0 Å². The van der Waals surface area contributed by atoms with Crippen molar-refractivity contribution in [1.82, 2.24) is 3.97 Å². The van der Waals surface area contributed by atoms with Crippen LogP contribution in [0.5, 0.6) is 0 Å². The van der Waals surface area contributed by atoms with E-state index in [0.717, 1.165) is 3.97 Å². The highest BCUT2D eigenvalue weighted by atomic mass is 35.5. The molecule has 13 heteroatoms. The van der Waals surface area contributed by atoms with Crippen LogP contribution in [-0.2, 0) is 19.6 Å². The van der Waals surface area contributed by atoms with Crippen molar-refractivity contribution in [2.45, 2.75) is 18.7 Å². The van der Waals surface area contributed by atoms with E-state index in [9.17, 15) is 22.8 Å². The maximum atomic E-state index is 14.0. The lowest BCUT2D eigenvalue weighted by Gasteiger charge is -2.19. The number of primary amides is 1. The summed E-state index contributed by atoms with van der Waals surface area (Å²) < 4.78 is 34.0. The number of nitrogens with one attached hydrogen (secondary N) is 1. The molecule has 0 aliphatic carbocycles. The highest BCUT2D eigenvalue weighted by Gasteiger charge is 2.35. The first-order valence-electron chi connectivity index (χ1n) is 12.6. The Hall–Kier alpha value is -4.32. The molecule has 0 spiro atoms. The molecular weight excluding hydrogens is 603 g/mol. The van der Waals surface area contributed by atoms with E-state index >= 15 is 0 Å². The number of aromatic nitrogens is 1. The van der Waals surface area contributed by atoms with Gasteiger partial charge in [0.25, 0.3) is 15.9 Å². The number of amides is 3. The third-order valence-corrected chi connectivity index (χ3v) is 8.51. The number of ether oxygens (including phenoxy) is 1. The van der Waals surface area contributed by atoms with Crippen molar-refractivity contribution in [3.63, 3.8) is 0 Å². The standard InChI is InChI=1S/C29H26Cl2N4O6S/c1-4-34(29(32)38)20-11-9-10-19(16-20)33-27(36)17(3)24-25-22(31)14-18(30)15-23(25)35(26(24)28(37)41-5-2)42(39,40)21-12-7-6-8-13-21/h6-16H,3-5H2,1-2H3,(H2,32,38)(H,33,36). The first kappa shape index (κ1) is 30.6. The van der Waals surface area contributed by atoms with Crippen LogP contribution < -0.4 is 16.0 Å². The number of fused-ring (bicyclic) bond motifs is 1. The molecular formula is C29H26Cl2N4O6S. The Bertz CT molecular complexity index is 1840. The largest absolute Gasteiger partial charge is 0.461 e. The molecule has 0 saturated carbocycles. The molecule has 3 aromatic carbocycles. The maximum absolute atomic E-state index is 14.0. The van der Waals surface area contributed by atoms with Crippen LogP contribution in [0, 0.1) is 0 Å². The fourth-order valence-electron chi connectivity index (χ4n) is 4.47. The molecule has 42 heavy (non-hydrogen) atoms. The molecule has 1 heterocycles. The van der Waals surface area contributed by atoms with Crippen LogP contribution in [0.1, 0.15) is 29.9 Å². The highest BCUT2D eigenvalue weighted by Crippen LogP contribution is 2.40. The molecule has 1 aromatic heterocycles. The normalized spacial score (nSPS) is 11.2. The van der Waals surface area contributed by atoms with Gasteiger partial charge >= 0.3 is 12.0 Å². The van der Waals surface area contributed by atoms with Crippen LogP contribution >= 0.6 is 23.2 Å². The van der Waals surface area contributed by atoms with Gasteiger partial charge in [-0.05, 0) is 56.3 Å². The fraction of sp³-hybridized carbons (Fsp3) is 0.138. The molecule has 0 aliphatic heterocycles. The summed E-state index contributed by atoms with van der Waals surface area (Å²) in [5.41, 5.74) is 5.22. The van der Waals surface area contributed by atoms with Gasteiger partial charge in [-0.15, -0.1) is 0 Å². The number of benzene rings is 3. The number of carbonyl (C=O) groups is 3. The summed E-state index contributed by atoms with van der Waals surface area (Å²) >= 11 is 12.8. The maximum Gasteiger partial charge on any atom is 0.356 e. The van der Waals surface area contributed by atoms with Crippen molar-refractivity contribution < 1.29 is 27.5 Å². The van der Waals surface area contributed by atoms with Crippen LogP contribution in [0.25, 0.3) is 16.5 Å². The van der Waals surface area contributed by atoms with Crippen molar-refractivity contribution in [3.8, 4) is 0 Å². The van der Waals surface area contributed by atoms with Gasteiger partial charge in [-0.1, -0.05) is 54.0 Å². The first-order chi connectivity index (χ1) is 19.9. The summed E-state index contributed by atoms with van der Waals surface area (Å²) in [6.07, 6.45) is 0. The van der Waals surface area contributed by atoms with Crippen molar-refractivity contribution in [1.29, 1.82) is 0 Å². The zero-order chi connectivity index (χ0) is 30.8. The number of rotatable bonds is 9. The number of urea groups is 1. The first-order valence-corrected chi connectivity index (χ1v) is 14.8. The monoisotopic (exact) mass is 628 g/mol. The topological polar surface area (TPSA) is 141 Å². The van der Waals surface area contributed by atoms with Crippen molar-refractivity contribution in [2.24, 2.45) is 5.73 Å². The molecule has 0 saturated heterocycles. The smallest absolute Gasteiger partial charge is 0.356 e. The molecule has 0 aliphatic rings. The minimum absolute atomic E-state index is 0.0175. The van der Waals surface area contributed by atoms with E-state index in [1.54, 1.807) is 38.1 Å². The predicted molar refractivity (Wildman–Crippen MR) is 164 cm³/mol. The summed E-state index contributed by atoms with van der Waals surface area (Å²) in [7, 11) is -4.44. The predicted octanol–water partition coefficient (Wildman–Crippen LogP) is 5.92. The van der Waals surface area contributed by atoms with E-state index in [-0.39, 0.29) is 49.3 Å². The van der Waals surface area contributed by atoms with Crippen LogP contribution in [0.15, 0.2) is 78.2 Å². The lowest BCUT2D eigenvalue weighted by molar-refractivity contribution is -0.111. The van der Waals surface area contributed by atoms with E-state index in [4.69, 9.17) is 33.7 Å². The highest BCUT2D eigenvalue weighted by molar-refractivity contribution is 7.90. The molecule has 3 N–H and O–H groups in total. The van der Waals surface area contributed by atoms with E-state index in [2.05, 4.69) is 11.9 Å². The van der Waals surface area contributed by atoms with Gasteiger partial charge in [0.15, 0.2) is 5.69 Å². The Morgan fingerprint density at radius 1 is 1.02 bits per heavy atom. The molecule has 0 atom stereocenters. The van der Waals surface area contributed by atoms with Crippen molar-refractivity contribution >= 4 is 79.0 Å². The van der Waals surface area contributed by atoms with Gasteiger partial charge in [-0.3, -0.25) is 9.69 Å². The summed E-state index contributed by atoms with van der Waals surface area (Å²) in [5, 5.41) is 2.81. The van der Waals surface area contributed by atoms with Gasteiger partial charge < -0.3 is 15.8 Å². The summed E-state index contributed by atoms with van der Waals surface area (Å²) in [6, 6.07) is 15.8. The average Bonchev–Trinajstić information content (AvgIpc) is 3.30. The molecule has 3 amide bonds. The third kappa shape index (κ3) is 5.71. The summed E-state index contributed by atoms with van der Waals surface area (Å²) in [5.74, 6) is -1.80. The Morgan fingerprint density at radius 3 is 2.33 bits per heavy atom. The van der Waals surface area contributed by atoms with Crippen molar-refractivity contribution in [2.75, 3.05) is 23.4 Å². The van der Waals surface area contributed by atoms with E-state index in [1.165, 1.54) is 47.4 Å². The zero-order valence-electron chi connectivity index (χ0n) is 22.6. The number of hydrogen-bond acceptors (Lipinski definition) is 6. The summed E-state index contributed by atoms with van der Waals surface area (Å²) in [6.45, 7) is 7.41. The van der Waals surface area contributed by atoms with Crippen LogP contribution in [0.4, 0.5) is 16.2 Å². The molecule has 10 nitrogen and oxygen atoms in total. The lowest BCUT2D eigenvalue weighted by Crippen LogP contribution is -2.35. The second kappa shape index (κ2) is 12.3. The molecule has 4 rings (SSSR count). The van der Waals surface area contributed by atoms with Crippen LogP contribution in [-0.4, -0.2) is 43.4 Å². The number of nitrogens with two attached hydrogens (primary N) is 1. The molecule has 0 bridgehead atoms. The number of carbonyl (C=O) groups excluding carboxylic acids is 3. The molecule has 218 valence electrons. The fourth-order valence-corrected chi connectivity index (χ4v) is 6.57. The van der Waals surface area contributed by atoms with Crippen LogP contribution in [0.3, 0.4) is 0 Å². The number of esters is 1. The zero-order valence-corrected chi connectivity index (χ0v) is 24.9. The Balaban J connectivity index is 1.94. The number of halogens is 2. The van der Waals surface area contributed by atoms with Crippen LogP contribution in [0.2, 0.25) is 10.0 Å². The molecule has 0 radical (unpaired) electrons. The van der Waals surface area contributed by atoms with Crippen molar-refractivity contribution in [3.05, 3.63) is 94.6 Å².